The molecule has 2 aromatic rings. The fourth-order valence-electron chi connectivity index (χ4n) is 3.25. The Labute approximate surface area is 115 Å². The van der Waals surface area contributed by atoms with Gasteiger partial charge in [-0.3, -0.25) is 0 Å². The zero-order chi connectivity index (χ0) is 13.0. The second-order valence-corrected chi connectivity index (χ2v) is 5.59. The second kappa shape index (κ2) is 5.58. The lowest BCUT2D eigenvalue weighted by atomic mass is 9.71. The average Bonchev–Trinajstić information content (AvgIpc) is 2.50. The van der Waals surface area contributed by atoms with Crippen molar-refractivity contribution < 1.29 is 0 Å². The minimum absolute atomic E-state index is 0.265. The summed E-state index contributed by atoms with van der Waals surface area (Å²) in [6, 6.07) is 21.9. The third kappa shape index (κ3) is 2.71. The maximum Gasteiger partial charge on any atom is 0.0118 e. The first-order chi connectivity index (χ1) is 9.39. The highest BCUT2D eigenvalue weighted by atomic mass is 14.9. The van der Waals surface area contributed by atoms with Gasteiger partial charge in [-0.25, -0.2) is 0 Å². The van der Waals surface area contributed by atoms with Crippen LogP contribution in [0.1, 0.15) is 24.0 Å². The fraction of sp³-hybridized carbons (Fsp3) is 0.333. The molecule has 19 heavy (non-hydrogen) atoms. The van der Waals surface area contributed by atoms with E-state index in [9.17, 15) is 0 Å². The largest absolute Gasteiger partial charge is 0.316 e. The summed E-state index contributed by atoms with van der Waals surface area (Å²) < 4.78 is 0. The molecule has 98 valence electrons. The highest BCUT2D eigenvalue weighted by Crippen LogP contribution is 2.34. The average molecular weight is 251 g/mol. The number of hydrogen-bond donors (Lipinski definition) is 1. The predicted molar refractivity (Wildman–Crippen MR) is 80.4 cm³/mol. The van der Waals surface area contributed by atoms with Crippen molar-refractivity contribution in [3.63, 3.8) is 0 Å². The van der Waals surface area contributed by atoms with Gasteiger partial charge in [0.25, 0.3) is 0 Å². The van der Waals surface area contributed by atoms with Crippen molar-refractivity contribution in [2.75, 3.05) is 13.1 Å². The molecule has 1 unspecified atom stereocenters. The maximum absolute atomic E-state index is 3.59. The van der Waals surface area contributed by atoms with Crippen LogP contribution in [0.15, 0.2) is 60.7 Å². The van der Waals surface area contributed by atoms with Crippen LogP contribution in [-0.2, 0) is 11.8 Å². The van der Waals surface area contributed by atoms with E-state index in [4.69, 9.17) is 0 Å². The molecule has 1 nitrogen and oxygen atoms in total. The molecule has 1 aliphatic heterocycles. The number of benzene rings is 2. The van der Waals surface area contributed by atoms with Gasteiger partial charge in [-0.1, -0.05) is 60.7 Å². The minimum atomic E-state index is 0.265. The van der Waals surface area contributed by atoms with Crippen LogP contribution < -0.4 is 5.32 Å². The summed E-state index contributed by atoms with van der Waals surface area (Å²) in [6.45, 7) is 2.25. The Balaban J connectivity index is 1.93. The van der Waals surface area contributed by atoms with Gasteiger partial charge in [-0.05, 0) is 36.9 Å². The van der Waals surface area contributed by atoms with Crippen LogP contribution in [0.4, 0.5) is 0 Å². The van der Waals surface area contributed by atoms with Crippen molar-refractivity contribution >= 4 is 0 Å². The molecule has 1 N–H and O–H groups in total. The van der Waals surface area contributed by atoms with E-state index in [-0.39, 0.29) is 5.41 Å². The summed E-state index contributed by atoms with van der Waals surface area (Å²) in [4.78, 5) is 0. The van der Waals surface area contributed by atoms with E-state index in [0.29, 0.717) is 0 Å². The van der Waals surface area contributed by atoms with Crippen LogP contribution in [-0.4, -0.2) is 13.1 Å². The molecule has 2 aromatic carbocycles. The Bertz CT molecular complexity index is 498. The summed E-state index contributed by atoms with van der Waals surface area (Å²) in [7, 11) is 0. The molecule has 0 saturated carbocycles. The smallest absolute Gasteiger partial charge is 0.0118 e. The highest BCUT2D eigenvalue weighted by Gasteiger charge is 2.33. The first kappa shape index (κ1) is 12.4. The molecule has 0 spiro atoms. The molecule has 1 atom stereocenters. The summed E-state index contributed by atoms with van der Waals surface area (Å²) in [5.74, 6) is 0. The van der Waals surface area contributed by atoms with E-state index in [2.05, 4.69) is 66.0 Å². The summed E-state index contributed by atoms with van der Waals surface area (Å²) >= 11 is 0. The molecule has 1 fully saturated rings. The minimum Gasteiger partial charge on any atom is -0.316 e. The van der Waals surface area contributed by atoms with E-state index in [0.717, 1.165) is 19.5 Å². The van der Waals surface area contributed by atoms with Gasteiger partial charge in [0.2, 0.25) is 0 Å². The Morgan fingerprint density at radius 2 is 1.58 bits per heavy atom. The molecule has 0 bridgehead atoms. The van der Waals surface area contributed by atoms with Crippen molar-refractivity contribution in [3.05, 3.63) is 71.8 Å². The maximum atomic E-state index is 3.59. The summed E-state index contributed by atoms with van der Waals surface area (Å²) in [6.07, 6.45) is 3.67. The lowest BCUT2D eigenvalue weighted by molar-refractivity contribution is 0.310. The third-order valence-corrected chi connectivity index (χ3v) is 4.24. The summed E-state index contributed by atoms with van der Waals surface area (Å²) in [5.41, 5.74) is 3.18. The number of rotatable bonds is 3. The zero-order valence-electron chi connectivity index (χ0n) is 11.3. The SMILES string of the molecule is c1ccc(CC2(c3ccccc3)CCCNC2)cc1. The van der Waals surface area contributed by atoms with Crippen LogP contribution >= 0.6 is 0 Å². The van der Waals surface area contributed by atoms with Gasteiger partial charge < -0.3 is 5.32 Å². The lowest BCUT2D eigenvalue weighted by Gasteiger charge is -2.38. The van der Waals surface area contributed by atoms with Crippen molar-refractivity contribution in [3.8, 4) is 0 Å². The van der Waals surface area contributed by atoms with Crippen LogP contribution in [0.2, 0.25) is 0 Å². The van der Waals surface area contributed by atoms with Gasteiger partial charge >= 0.3 is 0 Å². The molecule has 1 saturated heterocycles. The van der Waals surface area contributed by atoms with Crippen LogP contribution in [0.5, 0.6) is 0 Å². The molecule has 1 aliphatic rings. The van der Waals surface area contributed by atoms with Crippen LogP contribution in [0.3, 0.4) is 0 Å². The van der Waals surface area contributed by atoms with Crippen LogP contribution in [0.25, 0.3) is 0 Å². The second-order valence-electron chi connectivity index (χ2n) is 5.59. The predicted octanol–water partition coefficient (Wildman–Crippen LogP) is 3.55. The van der Waals surface area contributed by atoms with Crippen molar-refractivity contribution in [1.82, 2.24) is 5.32 Å². The molecule has 3 rings (SSSR count). The zero-order valence-corrected chi connectivity index (χ0v) is 11.3. The number of hydrogen-bond acceptors (Lipinski definition) is 1. The van der Waals surface area contributed by atoms with E-state index in [1.807, 2.05) is 0 Å². The van der Waals surface area contributed by atoms with Crippen molar-refractivity contribution in [1.29, 1.82) is 0 Å². The molecule has 0 aromatic heterocycles. The molecule has 1 heterocycles. The first-order valence-corrected chi connectivity index (χ1v) is 7.19. The van der Waals surface area contributed by atoms with Gasteiger partial charge in [0.1, 0.15) is 0 Å². The van der Waals surface area contributed by atoms with E-state index < -0.39 is 0 Å². The molecule has 0 aliphatic carbocycles. The lowest BCUT2D eigenvalue weighted by Crippen LogP contribution is -2.44. The monoisotopic (exact) mass is 251 g/mol. The number of piperidine rings is 1. The van der Waals surface area contributed by atoms with E-state index in [1.54, 1.807) is 0 Å². The Kier molecular flexibility index (Phi) is 3.65. The first-order valence-electron chi connectivity index (χ1n) is 7.19. The van der Waals surface area contributed by atoms with Crippen molar-refractivity contribution in [2.45, 2.75) is 24.7 Å². The van der Waals surface area contributed by atoms with Gasteiger partial charge in [-0.2, -0.15) is 0 Å². The third-order valence-electron chi connectivity index (χ3n) is 4.24. The van der Waals surface area contributed by atoms with Gasteiger partial charge in [0.05, 0.1) is 0 Å². The Hall–Kier alpha value is -1.60. The van der Waals surface area contributed by atoms with E-state index in [1.165, 1.54) is 24.0 Å². The Morgan fingerprint density at radius 1 is 0.895 bits per heavy atom. The fourth-order valence-corrected chi connectivity index (χ4v) is 3.25. The number of nitrogens with one attached hydrogen (secondary N) is 1. The quantitative estimate of drug-likeness (QED) is 0.879. The topological polar surface area (TPSA) is 12.0 Å². The van der Waals surface area contributed by atoms with Crippen LogP contribution in [0, 0.1) is 0 Å². The molecule has 1 heteroatoms. The molecule has 0 radical (unpaired) electrons. The normalized spacial score (nSPS) is 23.2. The Morgan fingerprint density at radius 3 is 2.21 bits per heavy atom. The van der Waals surface area contributed by atoms with Gasteiger partial charge in [0.15, 0.2) is 0 Å². The molecule has 0 amide bonds. The standard InChI is InChI=1S/C18H21N/c1-3-8-16(9-4-1)14-18(12-7-13-19-15-18)17-10-5-2-6-11-17/h1-6,8-11,19H,7,12-15H2. The summed E-state index contributed by atoms with van der Waals surface area (Å²) in [5, 5.41) is 3.59. The van der Waals surface area contributed by atoms with Gasteiger partial charge in [0, 0.05) is 12.0 Å². The van der Waals surface area contributed by atoms with Gasteiger partial charge in [-0.15, -0.1) is 0 Å². The van der Waals surface area contributed by atoms with E-state index >= 15 is 0 Å². The highest BCUT2D eigenvalue weighted by molar-refractivity contribution is 5.30. The molecular formula is C18H21N. The molecular weight excluding hydrogens is 230 g/mol. The van der Waals surface area contributed by atoms with Crippen molar-refractivity contribution in [2.24, 2.45) is 0 Å².